The van der Waals surface area contributed by atoms with E-state index in [0.29, 0.717) is 68.5 Å². The molecule has 3 aliphatic heterocycles. The van der Waals surface area contributed by atoms with Crippen molar-refractivity contribution < 1.29 is 70.8 Å². The van der Waals surface area contributed by atoms with Crippen molar-refractivity contribution in [3.8, 4) is 11.1 Å². The molecule has 0 unspecified atom stereocenters. The Morgan fingerprint density at radius 3 is 2.19 bits per heavy atom. The molecule has 4 aromatic rings. The number of amides is 5. The number of aliphatic hydroxyl groups is 1. The van der Waals surface area contributed by atoms with Crippen LogP contribution in [0.2, 0.25) is 0 Å². The summed E-state index contributed by atoms with van der Waals surface area (Å²) in [6.45, 7) is 9.64. The Morgan fingerprint density at radius 1 is 0.787 bits per heavy atom. The van der Waals surface area contributed by atoms with Crippen LogP contribution in [0.25, 0.3) is 11.1 Å². The zero-order valence-electron chi connectivity index (χ0n) is 51.2. The first kappa shape index (κ1) is 67.1. The van der Waals surface area contributed by atoms with Gasteiger partial charge in [-0.2, -0.15) is 0 Å². The van der Waals surface area contributed by atoms with Crippen LogP contribution in [0.5, 0.6) is 0 Å². The fraction of sp³-hybridized carbons (Fsp3) is 0.456. The van der Waals surface area contributed by atoms with Crippen molar-refractivity contribution in [2.45, 2.75) is 171 Å². The van der Waals surface area contributed by atoms with Gasteiger partial charge >= 0.3 is 12.1 Å². The third-order valence-electron chi connectivity index (χ3n) is 16.6. The second-order valence-electron chi connectivity index (χ2n) is 23.6. The lowest BCUT2D eigenvalue weighted by Crippen LogP contribution is -2.50. The smallest absolute Gasteiger partial charge is 0.407 e. The van der Waals surface area contributed by atoms with Gasteiger partial charge in [-0.15, -0.1) is 0 Å². The molecule has 89 heavy (non-hydrogen) atoms. The van der Waals surface area contributed by atoms with Crippen molar-refractivity contribution in [3.05, 3.63) is 155 Å². The number of fused-ring (bicyclic) bond motifs is 3. The molecule has 6 N–H and O–H groups in total. The molecule has 3 saturated heterocycles. The van der Waals surface area contributed by atoms with Gasteiger partial charge in [0.05, 0.1) is 42.4 Å². The van der Waals surface area contributed by atoms with Crippen LogP contribution in [0.4, 0.5) is 10.5 Å². The van der Waals surface area contributed by atoms with Crippen molar-refractivity contribution in [1.82, 2.24) is 20.7 Å². The molecule has 3 fully saturated rings. The molecule has 20 nitrogen and oxygen atoms in total. The van der Waals surface area contributed by atoms with Gasteiger partial charge in [0.2, 0.25) is 23.6 Å². The van der Waals surface area contributed by atoms with Crippen LogP contribution in [0.1, 0.15) is 127 Å². The van der Waals surface area contributed by atoms with Gasteiger partial charge in [0.1, 0.15) is 36.3 Å². The minimum atomic E-state index is -4.24. The summed E-state index contributed by atoms with van der Waals surface area (Å²) in [6.07, 6.45) is 9.44. The Balaban J connectivity index is 0.691. The number of ketones is 1. The summed E-state index contributed by atoms with van der Waals surface area (Å²) in [5.74, 6) is -2.21. The van der Waals surface area contributed by atoms with Crippen LogP contribution in [-0.2, 0) is 75.3 Å². The number of para-hydroxylation sites is 1. The van der Waals surface area contributed by atoms with Crippen molar-refractivity contribution in [2.75, 3.05) is 31.6 Å². The van der Waals surface area contributed by atoms with E-state index in [-0.39, 0.29) is 97.8 Å². The number of carbonyl (C=O) groups excluding carboxylic acids is 7. The number of benzene rings is 4. The van der Waals surface area contributed by atoms with Crippen LogP contribution >= 0.6 is 0 Å². The standard InChI is InChI=1S/C68H83N5O15S/c1-43(22-32-60-44(2)37-59(46(4)87-60)72-63(77)34-24-45(3)86-47(5)74)23-33-61-66(80)68(42-85-68)39-51(88-61)38-50(75)29-25-48-26-30-52(31-27-48)89(82,83)73-64(78)35-28-49-15-8-13-20-58(49)71-65(79)40-70-62(76)21-7-6-14-36-69-67(81)84-41-57-55-18-11-9-16-53(55)54-17-10-12-19-56(54)57/h8-13,15-20,22-24,26-27,30-31,33-34,44-46,51,57,59-61,66,80H,6-7,14,21,25,28-29,32,35-42H2,1-5H3,(H,69,81)(H,70,76)(H,71,79)(H,72,77)(H,73,78)/b33-23+,34-24-,43-22+/t44-,45-,46+,51+,59+,60-,61+,66+,68+/m0/s1. The first-order chi connectivity index (χ1) is 42.6. The van der Waals surface area contributed by atoms with E-state index >= 15 is 0 Å². The van der Waals surface area contributed by atoms with E-state index < -0.39 is 63.9 Å². The van der Waals surface area contributed by atoms with E-state index in [4.69, 9.17) is 23.7 Å². The van der Waals surface area contributed by atoms with Crippen molar-refractivity contribution in [1.29, 1.82) is 0 Å². The van der Waals surface area contributed by atoms with Crippen LogP contribution in [-0.4, -0.2) is 130 Å². The number of Topliss-reactive ketones (excluding diaryl/α,β-unsaturated/α-hetero) is 1. The monoisotopic (exact) mass is 1240 g/mol. The normalized spacial score (nSPS) is 22.6. The average Bonchev–Trinajstić information content (AvgIpc) is 1.63. The number of aryl methyl sites for hydroxylation is 2. The summed E-state index contributed by atoms with van der Waals surface area (Å²) in [5, 5.41) is 22.4. The predicted molar refractivity (Wildman–Crippen MR) is 334 cm³/mol. The van der Waals surface area contributed by atoms with Crippen LogP contribution < -0.4 is 26.0 Å². The number of sulfonamides is 1. The Bertz CT molecular complexity index is 3330. The number of epoxide rings is 1. The summed E-state index contributed by atoms with van der Waals surface area (Å²) in [7, 11) is -4.24. The molecule has 0 radical (unpaired) electrons. The SMILES string of the molecule is CC(=O)O[C@@H](C)/C=C\C(=O)N[C@@H]1C[C@H](C)[C@H](C/C=C(C)/C=C/[C@H]2O[C@H](CC(=O)CCc3ccc(S(=O)(=O)NC(=O)CCc4ccccc4NC(=O)CNC(=O)CCCCCNC(=O)OCC4c5ccccc5-c5ccccc54)cc3)C[C@@]3(CO3)[C@@H]2O)O[C@@H]1C. The maximum absolute atomic E-state index is 13.3. The molecular weight excluding hydrogens is 1160 g/mol. The second kappa shape index (κ2) is 31.6. The molecule has 0 saturated carbocycles. The summed E-state index contributed by atoms with van der Waals surface area (Å²) in [4.78, 5) is 87.9. The highest BCUT2D eigenvalue weighted by Gasteiger charge is 2.58. The van der Waals surface area contributed by atoms with Gasteiger partial charge in [-0.1, -0.05) is 116 Å². The maximum atomic E-state index is 13.3. The molecule has 476 valence electrons. The third-order valence-corrected chi connectivity index (χ3v) is 18.0. The number of hydrogen-bond acceptors (Lipinski definition) is 15. The summed E-state index contributed by atoms with van der Waals surface area (Å²) in [6, 6.07) is 28.8. The van der Waals surface area contributed by atoms with Crippen molar-refractivity contribution >= 4 is 57.2 Å². The number of esters is 1. The number of carbonyl (C=O) groups is 7. The minimum Gasteiger partial charge on any atom is -0.459 e. The first-order valence-electron chi connectivity index (χ1n) is 30.7. The molecule has 1 aliphatic carbocycles. The lowest BCUT2D eigenvalue weighted by molar-refractivity contribution is -0.144. The highest BCUT2D eigenvalue weighted by Crippen LogP contribution is 2.45. The molecule has 0 bridgehead atoms. The number of alkyl carbamates (subject to hydrolysis) is 1. The number of rotatable bonds is 29. The number of nitrogens with one attached hydrogen (secondary N) is 5. The summed E-state index contributed by atoms with van der Waals surface area (Å²) < 4.78 is 57.7. The Morgan fingerprint density at radius 2 is 1.48 bits per heavy atom. The fourth-order valence-corrected chi connectivity index (χ4v) is 12.6. The van der Waals surface area contributed by atoms with Gasteiger partial charge in [0, 0.05) is 63.3 Å². The van der Waals surface area contributed by atoms with Crippen LogP contribution in [0.3, 0.4) is 0 Å². The summed E-state index contributed by atoms with van der Waals surface area (Å²) in [5.41, 5.74) is 6.44. The molecule has 0 aromatic heterocycles. The first-order valence-corrected chi connectivity index (χ1v) is 32.2. The largest absolute Gasteiger partial charge is 0.459 e. The zero-order valence-corrected chi connectivity index (χ0v) is 52.0. The van der Waals surface area contributed by atoms with Crippen LogP contribution in [0.15, 0.2) is 138 Å². The second-order valence-corrected chi connectivity index (χ2v) is 25.3. The molecule has 21 heteroatoms. The number of aliphatic hydroxyl groups excluding tert-OH is 1. The predicted octanol–water partition coefficient (Wildman–Crippen LogP) is 8.16. The maximum Gasteiger partial charge on any atom is 0.407 e. The summed E-state index contributed by atoms with van der Waals surface area (Å²) >= 11 is 0. The lowest BCUT2D eigenvalue weighted by atomic mass is 9.86. The van der Waals surface area contributed by atoms with Gasteiger partial charge in [-0.3, -0.25) is 28.8 Å². The fourth-order valence-electron chi connectivity index (χ4n) is 11.6. The number of anilines is 1. The molecular formula is C68H83N5O15S. The van der Waals surface area contributed by atoms with E-state index in [2.05, 4.69) is 63.3 Å². The molecule has 9 atom stereocenters. The minimum absolute atomic E-state index is 0.0321. The van der Waals surface area contributed by atoms with Gasteiger partial charge < -0.3 is 50.1 Å². The van der Waals surface area contributed by atoms with E-state index in [1.165, 1.54) is 31.2 Å². The topological polar surface area (TPSA) is 283 Å². The quantitative estimate of drug-likeness (QED) is 0.00983. The number of allylic oxidation sites excluding steroid dienone is 2. The number of ether oxygens (including phenoxy) is 5. The number of unbranched alkanes of at least 4 members (excludes halogenated alkanes) is 2. The zero-order chi connectivity index (χ0) is 63.7. The molecule has 5 amide bonds. The Kier molecular flexibility index (Phi) is 23.8. The molecule has 4 aromatic carbocycles. The highest BCUT2D eigenvalue weighted by molar-refractivity contribution is 7.90. The third kappa shape index (κ3) is 19.6. The van der Waals surface area contributed by atoms with Crippen molar-refractivity contribution in [2.24, 2.45) is 5.92 Å². The lowest BCUT2D eigenvalue weighted by Gasteiger charge is -2.39. The van der Waals surface area contributed by atoms with Gasteiger partial charge in [-0.25, -0.2) is 17.9 Å². The average molecular weight is 1240 g/mol. The molecule has 8 rings (SSSR count). The van der Waals surface area contributed by atoms with E-state index in [1.807, 2.05) is 44.2 Å². The van der Waals surface area contributed by atoms with Crippen molar-refractivity contribution in [3.63, 3.8) is 0 Å². The Hall–Kier alpha value is -7.82. The van der Waals surface area contributed by atoms with Gasteiger partial charge in [0.15, 0.2) is 0 Å². The molecule has 4 aliphatic rings. The molecule has 1 spiro atoms. The molecule has 3 heterocycles. The van der Waals surface area contributed by atoms with E-state index in [9.17, 15) is 47.1 Å². The van der Waals surface area contributed by atoms with E-state index in [0.717, 1.165) is 34.2 Å². The van der Waals surface area contributed by atoms with Gasteiger partial charge in [0.25, 0.3) is 10.0 Å². The number of hydrogen-bond donors (Lipinski definition) is 6. The van der Waals surface area contributed by atoms with Gasteiger partial charge in [-0.05, 0) is 123 Å². The van der Waals surface area contributed by atoms with E-state index in [1.54, 1.807) is 49.4 Å². The van der Waals surface area contributed by atoms with Crippen LogP contribution in [0, 0.1) is 5.92 Å². The highest BCUT2D eigenvalue weighted by atomic mass is 32.2. The Labute approximate surface area is 521 Å².